The highest BCUT2D eigenvalue weighted by atomic mass is 32.1. The van der Waals surface area contributed by atoms with E-state index in [9.17, 15) is 0 Å². The van der Waals surface area contributed by atoms with Gasteiger partial charge in [0.15, 0.2) is 5.13 Å². The minimum atomic E-state index is 0.924. The van der Waals surface area contributed by atoms with Gasteiger partial charge in [-0.1, -0.05) is 0 Å². The lowest BCUT2D eigenvalue weighted by molar-refractivity contribution is 0.247. The summed E-state index contributed by atoms with van der Waals surface area (Å²) < 4.78 is 0. The highest BCUT2D eigenvalue weighted by Gasteiger charge is 2.20. The molecule has 1 aliphatic rings. The molecule has 0 amide bonds. The summed E-state index contributed by atoms with van der Waals surface area (Å²) in [5.74, 6) is 1.08. The third kappa shape index (κ3) is 3.20. The number of nitrogens with one attached hydrogen (secondary N) is 1. The average Bonchev–Trinajstić information content (AvgIpc) is 2.99. The summed E-state index contributed by atoms with van der Waals surface area (Å²) in [5, 5.41) is 6.21. The maximum Gasteiger partial charge on any atom is 0.182 e. The molecule has 118 valence electrons. The Bertz CT molecular complexity index is 633. The highest BCUT2D eigenvalue weighted by molar-refractivity contribution is 7.13. The van der Waals surface area contributed by atoms with Crippen LogP contribution in [0.1, 0.15) is 17.0 Å². The van der Waals surface area contributed by atoms with Gasteiger partial charge in [-0.25, -0.2) is 15.0 Å². The van der Waals surface area contributed by atoms with E-state index in [2.05, 4.69) is 42.4 Å². The third-order valence-electron chi connectivity index (χ3n) is 4.13. The Morgan fingerprint density at radius 3 is 2.64 bits per heavy atom. The topological polar surface area (TPSA) is 57.2 Å². The zero-order valence-corrected chi connectivity index (χ0v) is 14.2. The molecule has 0 aromatic carbocycles. The first kappa shape index (κ1) is 15.2. The molecular formula is C15H22N6S. The van der Waals surface area contributed by atoms with Crippen molar-refractivity contribution in [2.45, 2.75) is 20.4 Å². The van der Waals surface area contributed by atoms with Crippen LogP contribution in [0.2, 0.25) is 0 Å². The fraction of sp³-hybridized carbons (Fsp3) is 0.533. The van der Waals surface area contributed by atoms with Crippen LogP contribution in [0.4, 0.5) is 10.9 Å². The zero-order valence-electron chi connectivity index (χ0n) is 13.3. The van der Waals surface area contributed by atoms with E-state index in [1.54, 1.807) is 17.7 Å². The maximum absolute atomic E-state index is 4.56. The van der Waals surface area contributed by atoms with Gasteiger partial charge in [0.05, 0.1) is 5.69 Å². The van der Waals surface area contributed by atoms with Gasteiger partial charge in [0.1, 0.15) is 12.1 Å². The van der Waals surface area contributed by atoms with E-state index in [0.717, 1.165) is 55.1 Å². The Kier molecular flexibility index (Phi) is 4.54. The molecule has 3 rings (SSSR count). The monoisotopic (exact) mass is 318 g/mol. The van der Waals surface area contributed by atoms with Gasteiger partial charge < -0.3 is 10.2 Å². The van der Waals surface area contributed by atoms with Crippen LogP contribution in [0, 0.1) is 13.8 Å². The Morgan fingerprint density at radius 1 is 1.18 bits per heavy atom. The van der Waals surface area contributed by atoms with Crippen molar-refractivity contribution in [1.82, 2.24) is 19.9 Å². The largest absolute Gasteiger partial charge is 0.365 e. The lowest BCUT2D eigenvalue weighted by Gasteiger charge is -2.35. The summed E-state index contributed by atoms with van der Waals surface area (Å²) >= 11 is 1.66. The summed E-state index contributed by atoms with van der Waals surface area (Å²) in [6, 6.07) is 0. The van der Waals surface area contributed by atoms with Crippen molar-refractivity contribution in [3.8, 4) is 0 Å². The minimum absolute atomic E-state index is 0.924. The molecule has 7 heteroatoms. The fourth-order valence-electron chi connectivity index (χ4n) is 2.69. The van der Waals surface area contributed by atoms with Crippen molar-refractivity contribution in [2.75, 3.05) is 43.4 Å². The SMILES string of the molecule is CNc1nc(CN2CCN(c3ncnc(C)c3C)CC2)cs1. The number of aromatic nitrogens is 3. The van der Waals surface area contributed by atoms with E-state index in [1.165, 1.54) is 5.56 Å². The molecule has 0 saturated carbocycles. The minimum Gasteiger partial charge on any atom is -0.365 e. The zero-order chi connectivity index (χ0) is 15.5. The lowest BCUT2D eigenvalue weighted by Crippen LogP contribution is -2.46. The van der Waals surface area contributed by atoms with Gasteiger partial charge >= 0.3 is 0 Å². The lowest BCUT2D eigenvalue weighted by atomic mass is 10.2. The van der Waals surface area contributed by atoms with Gasteiger partial charge in [-0.3, -0.25) is 4.90 Å². The maximum atomic E-state index is 4.56. The predicted molar refractivity (Wildman–Crippen MR) is 90.7 cm³/mol. The summed E-state index contributed by atoms with van der Waals surface area (Å²) in [6.07, 6.45) is 1.67. The van der Waals surface area contributed by atoms with Crippen molar-refractivity contribution in [3.05, 3.63) is 28.7 Å². The van der Waals surface area contributed by atoms with Crippen molar-refractivity contribution < 1.29 is 0 Å². The normalized spacial score (nSPS) is 16.0. The standard InChI is InChI=1S/C15H22N6S/c1-11-12(2)17-10-18-14(11)21-6-4-20(5-7-21)8-13-9-22-15(16-3)19-13/h9-10H,4-8H2,1-3H3,(H,16,19). The molecule has 0 unspecified atom stereocenters. The van der Waals surface area contributed by atoms with Crippen LogP contribution >= 0.6 is 11.3 Å². The molecule has 6 nitrogen and oxygen atoms in total. The fourth-order valence-corrected chi connectivity index (χ4v) is 3.35. The second kappa shape index (κ2) is 6.58. The number of hydrogen-bond acceptors (Lipinski definition) is 7. The Labute approximate surface area is 135 Å². The average molecular weight is 318 g/mol. The quantitative estimate of drug-likeness (QED) is 0.929. The van der Waals surface area contributed by atoms with Gasteiger partial charge in [-0.05, 0) is 13.8 Å². The van der Waals surface area contributed by atoms with Gasteiger partial charge in [-0.2, -0.15) is 0 Å². The summed E-state index contributed by atoms with van der Waals surface area (Å²) in [6.45, 7) is 9.14. The molecule has 0 bridgehead atoms. The molecule has 0 spiro atoms. The first-order chi connectivity index (χ1) is 10.7. The van der Waals surface area contributed by atoms with Crippen LogP contribution in [0.15, 0.2) is 11.7 Å². The molecular weight excluding hydrogens is 296 g/mol. The van der Waals surface area contributed by atoms with Crippen molar-refractivity contribution in [1.29, 1.82) is 0 Å². The third-order valence-corrected chi connectivity index (χ3v) is 5.04. The van der Waals surface area contributed by atoms with Crippen LogP contribution < -0.4 is 10.2 Å². The predicted octanol–water partition coefficient (Wildman–Crippen LogP) is 1.91. The van der Waals surface area contributed by atoms with Crippen LogP contribution in [-0.4, -0.2) is 53.1 Å². The number of aryl methyl sites for hydroxylation is 1. The van der Waals surface area contributed by atoms with E-state index >= 15 is 0 Å². The molecule has 1 N–H and O–H groups in total. The molecule has 2 aromatic rings. The first-order valence-electron chi connectivity index (χ1n) is 7.55. The van der Waals surface area contributed by atoms with Gasteiger partial charge in [-0.15, -0.1) is 11.3 Å². The number of rotatable bonds is 4. The molecule has 0 aliphatic carbocycles. The van der Waals surface area contributed by atoms with E-state index in [4.69, 9.17) is 0 Å². The van der Waals surface area contributed by atoms with E-state index in [0.29, 0.717) is 0 Å². The number of anilines is 2. The van der Waals surface area contributed by atoms with Crippen molar-refractivity contribution in [2.24, 2.45) is 0 Å². The number of nitrogens with zero attached hydrogens (tertiary/aromatic N) is 5. The van der Waals surface area contributed by atoms with E-state index < -0.39 is 0 Å². The molecule has 2 aromatic heterocycles. The number of thiazole rings is 1. The highest BCUT2D eigenvalue weighted by Crippen LogP contribution is 2.21. The molecule has 22 heavy (non-hydrogen) atoms. The second-order valence-electron chi connectivity index (χ2n) is 5.56. The number of piperazine rings is 1. The van der Waals surface area contributed by atoms with Crippen LogP contribution in [0.25, 0.3) is 0 Å². The molecule has 0 atom stereocenters. The smallest absolute Gasteiger partial charge is 0.182 e. The first-order valence-corrected chi connectivity index (χ1v) is 8.43. The summed E-state index contributed by atoms with van der Waals surface area (Å²) in [7, 11) is 1.91. The molecule has 0 radical (unpaired) electrons. The van der Waals surface area contributed by atoms with Crippen LogP contribution in [0.5, 0.6) is 0 Å². The van der Waals surface area contributed by atoms with Crippen molar-refractivity contribution in [3.63, 3.8) is 0 Å². The van der Waals surface area contributed by atoms with Crippen molar-refractivity contribution >= 4 is 22.3 Å². The van der Waals surface area contributed by atoms with E-state index in [1.807, 2.05) is 14.0 Å². The van der Waals surface area contributed by atoms with Crippen LogP contribution in [-0.2, 0) is 6.54 Å². The van der Waals surface area contributed by atoms with Gasteiger partial charge in [0.2, 0.25) is 0 Å². The molecule has 3 heterocycles. The van der Waals surface area contributed by atoms with E-state index in [-0.39, 0.29) is 0 Å². The number of hydrogen-bond donors (Lipinski definition) is 1. The summed E-state index contributed by atoms with van der Waals surface area (Å²) in [4.78, 5) is 18.1. The Hall–Kier alpha value is -1.73. The van der Waals surface area contributed by atoms with Gasteiger partial charge in [0, 0.05) is 56.4 Å². The molecule has 1 aliphatic heterocycles. The molecule has 1 fully saturated rings. The Balaban J connectivity index is 1.59. The van der Waals surface area contributed by atoms with Crippen LogP contribution in [0.3, 0.4) is 0 Å². The Morgan fingerprint density at radius 2 is 1.95 bits per heavy atom. The second-order valence-corrected chi connectivity index (χ2v) is 6.42. The molecule has 1 saturated heterocycles. The summed E-state index contributed by atoms with van der Waals surface area (Å²) in [5.41, 5.74) is 3.40. The van der Waals surface area contributed by atoms with Gasteiger partial charge in [0.25, 0.3) is 0 Å².